The number of rotatable bonds is 16. The smallest absolute Gasteiger partial charge is 0.192 e. The molecule has 1 aromatic rings. The van der Waals surface area contributed by atoms with Gasteiger partial charge in [-0.05, 0) is 79.2 Å². The van der Waals surface area contributed by atoms with E-state index in [4.69, 9.17) is 23.1 Å². The van der Waals surface area contributed by atoms with Crippen LogP contribution in [0.1, 0.15) is 80.6 Å². The fourth-order valence-electron chi connectivity index (χ4n) is 6.50. The third kappa shape index (κ3) is 11.1. The third-order valence-corrected chi connectivity index (χ3v) is 22.6. The molecule has 1 N–H and O–H groups in total. The fourth-order valence-corrected chi connectivity index (χ4v) is 10.6. The van der Waals surface area contributed by atoms with Crippen molar-refractivity contribution in [1.29, 1.82) is 0 Å². The summed E-state index contributed by atoms with van der Waals surface area (Å²) in [7, 11) is -6.28. The van der Waals surface area contributed by atoms with Crippen molar-refractivity contribution in [3.8, 4) is 0 Å². The zero-order valence-corrected chi connectivity index (χ0v) is 35.4. The molecule has 8 atom stereocenters. The van der Waals surface area contributed by atoms with Crippen molar-refractivity contribution < 1.29 is 36.6 Å². The van der Waals surface area contributed by atoms with Crippen LogP contribution in [0.15, 0.2) is 47.4 Å². The van der Waals surface area contributed by atoms with Crippen molar-refractivity contribution in [3.05, 3.63) is 42.5 Å². The van der Waals surface area contributed by atoms with Crippen molar-refractivity contribution in [2.24, 2.45) is 11.8 Å². The van der Waals surface area contributed by atoms with E-state index in [1.165, 1.54) is 0 Å². The summed E-state index contributed by atoms with van der Waals surface area (Å²) in [6.07, 6.45) is 1.49. The van der Waals surface area contributed by atoms with Crippen LogP contribution in [0.5, 0.6) is 0 Å². The maximum atomic E-state index is 13.9. The van der Waals surface area contributed by atoms with Crippen LogP contribution in [0.25, 0.3) is 0 Å². The highest BCUT2D eigenvalue weighted by Gasteiger charge is 2.50. The number of hydrogen-bond acceptors (Lipinski definition) is 8. The summed E-state index contributed by atoms with van der Waals surface area (Å²) in [6, 6.07) is 8.64. The highest BCUT2D eigenvalue weighted by atomic mass is 32.2. The topological polar surface area (TPSA) is 101 Å². The van der Waals surface area contributed by atoms with E-state index in [0.29, 0.717) is 30.8 Å². The van der Waals surface area contributed by atoms with E-state index in [-0.39, 0.29) is 46.7 Å². The summed E-state index contributed by atoms with van der Waals surface area (Å²) >= 11 is 0. The second-order valence-electron chi connectivity index (χ2n) is 17.5. The van der Waals surface area contributed by atoms with Crippen LogP contribution < -0.4 is 0 Å². The molecule has 0 amide bonds. The number of benzene rings is 1. The van der Waals surface area contributed by atoms with Gasteiger partial charge in [0.1, 0.15) is 0 Å². The Morgan fingerprint density at radius 3 is 2.14 bits per heavy atom. The zero-order valence-electron chi connectivity index (χ0n) is 32.6. The maximum absolute atomic E-state index is 13.9. The molecule has 8 nitrogen and oxygen atoms in total. The monoisotopic (exact) mass is 740 g/mol. The van der Waals surface area contributed by atoms with E-state index in [1.807, 2.05) is 6.07 Å². The lowest BCUT2D eigenvalue weighted by atomic mass is 9.83. The van der Waals surface area contributed by atoms with Crippen LogP contribution >= 0.6 is 0 Å². The van der Waals surface area contributed by atoms with Crippen LogP contribution in [0, 0.1) is 11.8 Å². The van der Waals surface area contributed by atoms with Crippen LogP contribution in [-0.2, 0) is 32.9 Å². The normalized spacial score (nSPS) is 28.2. The van der Waals surface area contributed by atoms with Gasteiger partial charge in [-0.15, -0.1) is 0 Å². The number of ether oxygens (including phenoxy) is 3. The molecule has 3 rings (SSSR count). The molecule has 1 aromatic carbocycles. The summed E-state index contributed by atoms with van der Waals surface area (Å²) in [5.41, 5.74) is 1.01. The number of sulfone groups is 1. The predicted molar refractivity (Wildman–Crippen MR) is 204 cm³/mol. The van der Waals surface area contributed by atoms with Crippen molar-refractivity contribution >= 4 is 26.5 Å². The Kier molecular flexibility index (Phi) is 14.6. The highest BCUT2D eigenvalue weighted by Crippen LogP contribution is 2.43. The fraction of sp³-hybridized carbons (Fsp3) is 0.789. The van der Waals surface area contributed by atoms with E-state index in [0.717, 1.165) is 18.4 Å². The lowest BCUT2D eigenvalue weighted by Crippen LogP contribution is -2.49. The molecule has 0 aliphatic carbocycles. The molecule has 2 heterocycles. The summed E-state index contributed by atoms with van der Waals surface area (Å²) in [5.74, 6) is -0.285. The highest BCUT2D eigenvalue weighted by molar-refractivity contribution is 7.91. The summed E-state index contributed by atoms with van der Waals surface area (Å²) in [6.45, 7) is 29.6. The molecular formula is C38H68O8SSi2. The van der Waals surface area contributed by atoms with Crippen LogP contribution in [0.4, 0.5) is 0 Å². The SMILES string of the molecule is C=C1C(C)CC(CCCO)OC1CC1O[C@H](CC(CO[Si](C)(C)C(C)(C)C)O[Si](C)(C)C(C)(C)C)[C@H](OC)C1CS(=O)(=O)c1ccccc1. The molecule has 49 heavy (non-hydrogen) atoms. The summed E-state index contributed by atoms with van der Waals surface area (Å²) in [5, 5.41) is 9.51. The second kappa shape index (κ2) is 16.8. The Morgan fingerprint density at radius 2 is 1.59 bits per heavy atom. The molecule has 0 radical (unpaired) electrons. The minimum absolute atomic E-state index is 0.00378. The van der Waals surface area contributed by atoms with E-state index >= 15 is 0 Å². The zero-order chi connectivity index (χ0) is 37.0. The first-order valence-electron chi connectivity index (χ1n) is 18.3. The van der Waals surface area contributed by atoms with Crippen LogP contribution in [0.3, 0.4) is 0 Å². The number of aliphatic hydroxyl groups excluding tert-OH is 1. The van der Waals surface area contributed by atoms with E-state index in [9.17, 15) is 13.5 Å². The predicted octanol–water partition coefficient (Wildman–Crippen LogP) is 8.17. The lowest BCUT2D eigenvalue weighted by molar-refractivity contribution is -0.0760. The van der Waals surface area contributed by atoms with E-state index in [1.54, 1.807) is 31.4 Å². The van der Waals surface area contributed by atoms with Crippen molar-refractivity contribution in [2.45, 2.75) is 158 Å². The molecule has 2 aliphatic rings. The Hall–Kier alpha value is -0.896. The van der Waals surface area contributed by atoms with Gasteiger partial charge in [-0.1, -0.05) is 73.2 Å². The quantitative estimate of drug-likeness (QED) is 0.134. The first kappa shape index (κ1) is 42.5. The minimum atomic E-state index is -3.65. The Labute approximate surface area is 300 Å². The van der Waals surface area contributed by atoms with Crippen LogP contribution in [0.2, 0.25) is 36.3 Å². The minimum Gasteiger partial charge on any atom is -0.414 e. The van der Waals surface area contributed by atoms with Gasteiger partial charge < -0.3 is 28.2 Å². The lowest BCUT2D eigenvalue weighted by Gasteiger charge is -2.42. The van der Waals surface area contributed by atoms with Gasteiger partial charge in [0.25, 0.3) is 0 Å². The average molecular weight is 741 g/mol. The third-order valence-electron chi connectivity index (χ3n) is 11.8. The molecule has 2 saturated heterocycles. The van der Waals surface area contributed by atoms with Gasteiger partial charge in [-0.25, -0.2) is 8.42 Å². The van der Waals surface area contributed by atoms with Crippen molar-refractivity contribution in [3.63, 3.8) is 0 Å². The van der Waals surface area contributed by atoms with Crippen LogP contribution in [-0.4, -0.2) is 92.9 Å². The maximum Gasteiger partial charge on any atom is 0.192 e. The number of methoxy groups -OCH3 is 1. The first-order valence-corrected chi connectivity index (χ1v) is 25.7. The molecule has 11 heteroatoms. The molecular weight excluding hydrogens is 673 g/mol. The van der Waals surface area contributed by atoms with Gasteiger partial charge in [0.2, 0.25) is 0 Å². The van der Waals surface area contributed by atoms with Gasteiger partial charge >= 0.3 is 0 Å². The Balaban J connectivity index is 1.97. The molecule has 0 saturated carbocycles. The second-order valence-corrected chi connectivity index (χ2v) is 29.1. The van der Waals surface area contributed by atoms with Crippen molar-refractivity contribution in [1.82, 2.24) is 0 Å². The van der Waals surface area contributed by atoms with Gasteiger partial charge in [-0.3, -0.25) is 0 Å². The number of hydrogen-bond donors (Lipinski definition) is 1. The Morgan fingerprint density at radius 1 is 0.980 bits per heavy atom. The van der Waals surface area contributed by atoms with E-state index < -0.39 is 50.7 Å². The molecule has 2 aliphatic heterocycles. The largest absolute Gasteiger partial charge is 0.414 e. The van der Waals surface area contributed by atoms with Gasteiger partial charge in [0.15, 0.2) is 26.5 Å². The average Bonchev–Trinajstić information content (AvgIpc) is 3.30. The number of aliphatic hydroxyl groups is 1. The van der Waals surface area contributed by atoms with Gasteiger partial charge in [-0.2, -0.15) is 0 Å². The molecule has 2 fully saturated rings. The molecule has 0 bridgehead atoms. The van der Waals surface area contributed by atoms with E-state index in [2.05, 4.69) is 81.2 Å². The molecule has 6 unspecified atom stereocenters. The van der Waals surface area contributed by atoms with Crippen molar-refractivity contribution in [2.75, 3.05) is 26.1 Å². The molecule has 0 spiro atoms. The molecule has 282 valence electrons. The first-order chi connectivity index (χ1) is 22.5. The molecule has 0 aromatic heterocycles. The summed E-state index contributed by atoms with van der Waals surface area (Å²) < 4.78 is 61.3. The van der Waals surface area contributed by atoms with Gasteiger partial charge in [0, 0.05) is 32.5 Å². The summed E-state index contributed by atoms with van der Waals surface area (Å²) in [4.78, 5) is 0.296. The Bertz CT molecular complexity index is 1300. The van der Waals surface area contributed by atoms with Gasteiger partial charge in [0.05, 0.1) is 53.9 Å². The standard InChI is InChI=1S/C38H68O8SSi2/c1-27-22-29(18-17-21-39)44-33(28(27)2)24-34-32(26-47(40,41)31-19-15-14-16-20-31)36(42-9)35(45-34)23-30(46-49(12,13)38(6,7)8)25-43-48(10,11)37(3,4)5/h14-16,19-20,27,29-30,32-36,39H,2,17-18,21-26H2,1,3-13H3/t27?,29?,30?,32?,33?,34?,35-,36-/m1/s1.